The van der Waals surface area contributed by atoms with Crippen LogP contribution in [-0.4, -0.2) is 11.1 Å². The largest absolute Gasteiger partial charge is 0.381 e. The molecule has 2 unspecified atom stereocenters. The number of rotatable bonds is 0. The SMILES string of the molecule is CC1(P)C=CC(C(C)(C)C)=NO1. The Morgan fingerprint density at radius 1 is 1.50 bits per heavy atom. The second kappa shape index (κ2) is 2.85. The molecule has 2 nitrogen and oxygen atoms in total. The summed E-state index contributed by atoms with van der Waals surface area (Å²) in [6.45, 7) is 8.30. The van der Waals surface area contributed by atoms with E-state index in [2.05, 4.69) is 35.2 Å². The van der Waals surface area contributed by atoms with Gasteiger partial charge in [-0.25, -0.2) is 0 Å². The zero-order chi connectivity index (χ0) is 9.41. The average molecular weight is 185 g/mol. The van der Waals surface area contributed by atoms with E-state index in [0.717, 1.165) is 5.71 Å². The molecule has 0 aliphatic carbocycles. The van der Waals surface area contributed by atoms with Gasteiger partial charge in [-0.15, -0.1) is 0 Å². The molecule has 0 bridgehead atoms. The maximum absolute atomic E-state index is 5.27. The lowest BCUT2D eigenvalue weighted by Crippen LogP contribution is -2.26. The van der Waals surface area contributed by atoms with E-state index in [-0.39, 0.29) is 10.8 Å². The van der Waals surface area contributed by atoms with Crippen molar-refractivity contribution in [3.63, 3.8) is 0 Å². The Morgan fingerprint density at radius 2 is 2.08 bits per heavy atom. The summed E-state index contributed by atoms with van der Waals surface area (Å²) in [5, 5.41) is 3.74. The lowest BCUT2D eigenvalue weighted by molar-refractivity contribution is 0.0733. The summed E-state index contributed by atoms with van der Waals surface area (Å²) in [6.07, 6.45) is 4.03. The smallest absolute Gasteiger partial charge is 0.165 e. The molecule has 2 atom stereocenters. The van der Waals surface area contributed by atoms with Crippen LogP contribution in [0.1, 0.15) is 27.7 Å². The summed E-state index contributed by atoms with van der Waals surface area (Å²) in [5.41, 5.74) is 1.06. The summed E-state index contributed by atoms with van der Waals surface area (Å²) < 4.78 is 0. The van der Waals surface area contributed by atoms with Crippen LogP contribution >= 0.6 is 9.24 Å². The molecule has 68 valence electrons. The molecule has 1 heterocycles. The average Bonchev–Trinajstić information content (AvgIpc) is 1.83. The standard InChI is InChI=1S/C9H16NOP/c1-8(2,3)7-5-6-9(4,12)11-10-7/h5-6H,12H2,1-4H3. The molecule has 1 aliphatic heterocycles. The highest BCUT2D eigenvalue weighted by Crippen LogP contribution is 2.28. The van der Waals surface area contributed by atoms with E-state index >= 15 is 0 Å². The van der Waals surface area contributed by atoms with Crippen LogP contribution in [0.4, 0.5) is 0 Å². The highest BCUT2D eigenvalue weighted by molar-refractivity contribution is 7.18. The Labute approximate surface area is 76.3 Å². The van der Waals surface area contributed by atoms with Gasteiger partial charge in [0.25, 0.3) is 0 Å². The predicted molar refractivity (Wildman–Crippen MR) is 55.2 cm³/mol. The lowest BCUT2D eigenvalue weighted by atomic mass is 9.89. The van der Waals surface area contributed by atoms with Gasteiger partial charge in [-0.3, -0.25) is 0 Å². The minimum atomic E-state index is -0.325. The molecule has 12 heavy (non-hydrogen) atoms. The van der Waals surface area contributed by atoms with Crippen molar-refractivity contribution >= 4 is 15.0 Å². The van der Waals surface area contributed by atoms with Gasteiger partial charge in [-0.1, -0.05) is 35.2 Å². The zero-order valence-electron chi connectivity index (χ0n) is 8.09. The molecule has 0 N–H and O–H groups in total. The van der Waals surface area contributed by atoms with Crippen LogP contribution in [0.2, 0.25) is 0 Å². The fourth-order valence-corrected chi connectivity index (χ4v) is 0.989. The first kappa shape index (κ1) is 9.73. The lowest BCUT2D eigenvalue weighted by Gasteiger charge is -2.26. The van der Waals surface area contributed by atoms with E-state index in [4.69, 9.17) is 4.84 Å². The zero-order valence-corrected chi connectivity index (χ0v) is 9.24. The van der Waals surface area contributed by atoms with Gasteiger partial charge in [0.1, 0.15) is 0 Å². The van der Waals surface area contributed by atoms with E-state index in [9.17, 15) is 0 Å². The monoisotopic (exact) mass is 185 g/mol. The second-order valence-corrected chi connectivity index (χ2v) is 5.48. The van der Waals surface area contributed by atoms with E-state index < -0.39 is 0 Å². The van der Waals surface area contributed by atoms with Crippen LogP contribution in [0.3, 0.4) is 0 Å². The highest BCUT2D eigenvalue weighted by atomic mass is 31.0. The molecule has 1 rings (SSSR count). The van der Waals surface area contributed by atoms with Crippen LogP contribution in [0.25, 0.3) is 0 Å². The molecule has 0 saturated carbocycles. The van der Waals surface area contributed by atoms with Gasteiger partial charge in [0.15, 0.2) is 5.34 Å². The maximum atomic E-state index is 5.27. The van der Waals surface area contributed by atoms with Gasteiger partial charge in [0, 0.05) is 5.41 Å². The Kier molecular flexibility index (Phi) is 2.31. The minimum absolute atomic E-state index is 0.0671. The molecule has 0 saturated heterocycles. The topological polar surface area (TPSA) is 21.6 Å². The normalized spacial score (nSPS) is 29.6. The maximum Gasteiger partial charge on any atom is 0.165 e. The fourth-order valence-electron chi connectivity index (χ4n) is 0.840. The van der Waals surface area contributed by atoms with Gasteiger partial charge in [-0.05, 0) is 19.1 Å². The third-order valence-corrected chi connectivity index (χ3v) is 1.98. The minimum Gasteiger partial charge on any atom is -0.381 e. The molecular weight excluding hydrogens is 169 g/mol. The predicted octanol–water partition coefficient (Wildman–Crippen LogP) is 2.57. The Morgan fingerprint density at radius 3 is 2.42 bits per heavy atom. The quantitative estimate of drug-likeness (QED) is 0.531. The van der Waals surface area contributed by atoms with Crippen molar-refractivity contribution in [3.05, 3.63) is 12.2 Å². The molecule has 0 aromatic heterocycles. The van der Waals surface area contributed by atoms with Crippen molar-refractivity contribution in [2.45, 2.75) is 33.0 Å². The molecule has 1 aliphatic rings. The second-order valence-electron chi connectivity index (χ2n) is 4.33. The van der Waals surface area contributed by atoms with Crippen molar-refractivity contribution in [3.8, 4) is 0 Å². The first-order valence-electron chi connectivity index (χ1n) is 4.06. The van der Waals surface area contributed by atoms with E-state index in [0.29, 0.717) is 0 Å². The molecule has 0 amide bonds. The van der Waals surface area contributed by atoms with Crippen molar-refractivity contribution in [2.24, 2.45) is 10.6 Å². The number of hydrogen-bond acceptors (Lipinski definition) is 2. The number of nitrogens with zero attached hydrogens (tertiary/aromatic N) is 1. The number of allylic oxidation sites excluding steroid dienone is 1. The van der Waals surface area contributed by atoms with Gasteiger partial charge in [-0.2, -0.15) is 0 Å². The van der Waals surface area contributed by atoms with Crippen LogP contribution in [0.5, 0.6) is 0 Å². The van der Waals surface area contributed by atoms with Gasteiger partial charge < -0.3 is 4.84 Å². The summed E-state index contributed by atoms with van der Waals surface area (Å²) in [6, 6.07) is 0. The molecular formula is C9H16NOP. The first-order chi connectivity index (χ1) is 5.31. The molecule has 0 aromatic carbocycles. The molecule has 3 heteroatoms. The number of oxime groups is 1. The summed E-state index contributed by atoms with van der Waals surface area (Å²) in [5.74, 6) is 0. The van der Waals surface area contributed by atoms with Crippen LogP contribution in [0, 0.1) is 5.41 Å². The Bertz CT molecular complexity index is 235. The first-order valence-corrected chi connectivity index (χ1v) is 4.64. The van der Waals surface area contributed by atoms with Gasteiger partial charge >= 0.3 is 0 Å². The van der Waals surface area contributed by atoms with Crippen LogP contribution in [-0.2, 0) is 4.84 Å². The summed E-state index contributed by atoms with van der Waals surface area (Å²) in [4.78, 5) is 5.27. The Balaban J connectivity index is 2.78. The Hall–Kier alpha value is -0.360. The summed E-state index contributed by atoms with van der Waals surface area (Å²) in [7, 11) is 2.60. The third kappa shape index (κ3) is 2.31. The van der Waals surface area contributed by atoms with Crippen LogP contribution < -0.4 is 0 Å². The number of hydrogen-bond donors (Lipinski definition) is 0. The van der Waals surface area contributed by atoms with Crippen molar-refractivity contribution in [1.82, 2.24) is 0 Å². The summed E-state index contributed by atoms with van der Waals surface area (Å²) >= 11 is 0. The van der Waals surface area contributed by atoms with E-state index in [1.165, 1.54) is 0 Å². The molecule has 0 fully saturated rings. The van der Waals surface area contributed by atoms with Crippen molar-refractivity contribution < 1.29 is 4.84 Å². The van der Waals surface area contributed by atoms with Crippen LogP contribution in [0.15, 0.2) is 17.3 Å². The third-order valence-electron chi connectivity index (χ3n) is 1.68. The van der Waals surface area contributed by atoms with Crippen molar-refractivity contribution in [1.29, 1.82) is 0 Å². The van der Waals surface area contributed by atoms with Gasteiger partial charge in [0.05, 0.1) is 5.71 Å². The molecule has 0 spiro atoms. The molecule has 0 radical (unpaired) electrons. The van der Waals surface area contributed by atoms with E-state index in [1.807, 2.05) is 19.1 Å². The fraction of sp³-hybridized carbons (Fsp3) is 0.667. The van der Waals surface area contributed by atoms with E-state index in [1.54, 1.807) is 0 Å². The van der Waals surface area contributed by atoms with Gasteiger partial charge in [0.2, 0.25) is 0 Å². The van der Waals surface area contributed by atoms with Crippen molar-refractivity contribution in [2.75, 3.05) is 0 Å². The molecule has 0 aromatic rings. The highest BCUT2D eigenvalue weighted by Gasteiger charge is 2.25.